The van der Waals surface area contributed by atoms with Crippen LogP contribution in [0.2, 0.25) is 0 Å². The van der Waals surface area contributed by atoms with Crippen molar-refractivity contribution < 1.29 is 4.39 Å². The molecular weight excluding hydrogens is 325 g/mol. The lowest BCUT2D eigenvalue weighted by Gasteiger charge is -2.15. The monoisotopic (exact) mass is 341 g/mol. The Morgan fingerprint density at radius 2 is 2.16 bits per heavy atom. The van der Waals surface area contributed by atoms with Crippen molar-refractivity contribution in [2.24, 2.45) is 0 Å². The van der Waals surface area contributed by atoms with Gasteiger partial charge in [-0.25, -0.2) is 4.39 Å². The van der Waals surface area contributed by atoms with Crippen molar-refractivity contribution in [2.45, 2.75) is 32.9 Å². The summed E-state index contributed by atoms with van der Waals surface area (Å²) in [5.41, 5.74) is 2.49. The highest BCUT2D eigenvalue weighted by molar-refractivity contribution is 9.10. The molecule has 0 saturated heterocycles. The van der Waals surface area contributed by atoms with Crippen LogP contribution >= 0.6 is 27.3 Å². The summed E-state index contributed by atoms with van der Waals surface area (Å²) in [6.07, 6.45) is 1.07. The lowest BCUT2D eigenvalue weighted by molar-refractivity contribution is 0.572. The first kappa shape index (κ1) is 14.7. The lowest BCUT2D eigenvalue weighted by Crippen LogP contribution is -2.18. The topological polar surface area (TPSA) is 12.0 Å². The molecule has 0 bridgehead atoms. The van der Waals surface area contributed by atoms with E-state index in [0.717, 1.165) is 18.5 Å². The van der Waals surface area contributed by atoms with Crippen molar-refractivity contribution in [2.75, 3.05) is 0 Å². The SMILES string of the molecule is CCc1ccsc1CNC(C)c1ccc(F)c(Br)c1. The molecule has 0 amide bonds. The molecule has 1 nitrogen and oxygen atoms in total. The Hall–Kier alpha value is -0.710. The first-order chi connectivity index (χ1) is 9.11. The Balaban J connectivity index is 2.01. The second-order valence-electron chi connectivity index (χ2n) is 4.50. The van der Waals surface area contributed by atoms with Crippen LogP contribution in [0, 0.1) is 5.82 Å². The first-order valence-electron chi connectivity index (χ1n) is 6.35. The predicted octanol–water partition coefficient (Wildman–Crippen LogP) is 5.06. The Labute approximate surface area is 126 Å². The van der Waals surface area contributed by atoms with Gasteiger partial charge in [0.05, 0.1) is 4.47 Å². The van der Waals surface area contributed by atoms with Gasteiger partial charge >= 0.3 is 0 Å². The van der Waals surface area contributed by atoms with Crippen molar-refractivity contribution in [1.82, 2.24) is 5.32 Å². The Bertz CT molecular complexity index is 553. The third-order valence-electron chi connectivity index (χ3n) is 3.23. The average molecular weight is 342 g/mol. The molecule has 0 radical (unpaired) electrons. The maximum absolute atomic E-state index is 13.2. The van der Waals surface area contributed by atoms with E-state index in [2.05, 4.69) is 46.5 Å². The van der Waals surface area contributed by atoms with Crippen molar-refractivity contribution in [3.8, 4) is 0 Å². The van der Waals surface area contributed by atoms with Gasteiger partial charge in [-0.15, -0.1) is 11.3 Å². The summed E-state index contributed by atoms with van der Waals surface area (Å²) in [4.78, 5) is 1.38. The molecule has 2 rings (SSSR count). The molecular formula is C15H17BrFNS. The molecule has 0 saturated carbocycles. The highest BCUT2D eigenvalue weighted by Crippen LogP contribution is 2.23. The molecule has 0 aliphatic heterocycles. The van der Waals surface area contributed by atoms with Gasteiger partial charge in [0.25, 0.3) is 0 Å². The zero-order chi connectivity index (χ0) is 13.8. The molecule has 1 aromatic carbocycles. The number of hydrogen-bond acceptors (Lipinski definition) is 2. The van der Waals surface area contributed by atoms with E-state index in [-0.39, 0.29) is 11.9 Å². The van der Waals surface area contributed by atoms with E-state index in [1.807, 2.05) is 12.1 Å². The number of nitrogens with one attached hydrogen (secondary N) is 1. The number of benzene rings is 1. The molecule has 0 spiro atoms. The van der Waals surface area contributed by atoms with Gasteiger partial charge in [0.1, 0.15) is 5.82 Å². The molecule has 0 fully saturated rings. The van der Waals surface area contributed by atoms with Crippen LogP contribution in [-0.4, -0.2) is 0 Å². The lowest BCUT2D eigenvalue weighted by atomic mass is 10.1. The van der Waals surface area contributed by atoms with Crippen LogP contribution in [0.15, 0.2) is 34.1 Å². The highest BCUT2D eigenvalue weighted by Gasteiger charge is 2.09. The van der Waals surface area contributed by atoms with Crippen LogP contribution in [-0.2, 0) is 13.0 Å². The van der Waals surface area contributed by atoms with E-state index >= 15 is 0 Å². The molecule has 1 unspecified atom stereocenters. The molecule has 4 heteroatoms. The molecule has 1 atom stereocenters. The average Bonchev–Trinajstić information content (AvgIpc) is 2.86. The van der Waals surface area contributed by atoms with Gasteiger partial charge in [-0.1, -0.05) is 13.0 Å². The minimum atomic E-state index is -0.220. The normalized spacial score (nSPS) is 12.6. The largest absolute Gasteiger partial charge is 0.305 e. The van der Waals surface area contributed by atoms with Gasteiger partial charge in [0.2, 0.25) is 0 Å². The van der Waals surface area contributed by atoms with Crippen molar-refractivity contribution >= 4 is 27.3 Å². The summed E-state index contributed by atoms with van der Waals surface area (Å²) in [6.45, 7) is 5.13. The second-order valence-corrected chi connectivity index (χ2v) is 6.35. The summed E-state index contributed by atoms with van der Waals surface area (Å²) >= 11 is 5.01. The van der Waals surface area contributed by atoms with E-state index in [1.54, 1.807) is 11.3 Å². The maximum atomic E-state index is 13.2. The van der Waals surface area contributed by atoms with Crippen LogP contribution in [0.1, 0.15) is 35.9 Å². The zero-order valence-corrected chi connectivity index (χ0v) is 13.4. The van der Waals surface area contributed by atoms with Crippen LogP contribution < -0.4 is 5.32 Å². The fraction of sp³-hybridized carbons (Fsp3) is 0.333. The van der Waals surface area contributed by atoms with Crippen LogP contribution in [0.5, 0.6) is 0 Å². The van der Waals surface area contributed by atoms with Crippen LogP contribution in [0.4, 0.5) is 4.39 Å². The number of halogens is 2. The Morgan fingerprint density at radius 3 is 2.84 bits per heavy atom. The molecule has 0 aliphatic rings. The number of rotatable bonds is 5. The predicted molar refractivity (Wildman–Crippen MR) is 83.1 cm³/mol. The molecule has 1 aromatic heterocycles. The van der Waals surface area contributed by atoms with Gasteiger partial charge < -0.3 is 5.32 Å². The van der Waals surface area contributed by atoms with Crippen LogP contribution in [0.25, 0.3) is 0 Å². The third-order valence-corrected chi connectivity index (χ3v) is 4.80. The van der Waals surface area contributed by atoms with Crippen molar-refractivity contribution in [3.05, 3.63) is 55.9 Å². The minimum Gasteiger partial charge on any atom is -0.305 e. The van der Waals surface area contributed by atoms with Gasteiger partial charge in [-0.2, -0.15) is 0 Å². The van der Waals surface area contributed by atoms with E-state index in [9.17, 15) is 4.39 Å². The second kappa shape index (κ2) is 6.64. The Morgan fingerprint density at radius 1 is 1.37 bits per heavy atom. The summed E-state index contributed by atoms with van der Waals surface area (Å²) < 4.78 is 13.7. The van der Waals surface area contributed by atoms with Gasteiger partial charge in [-0.05, 0) is 64.0 Å². The van der Waals surface area contributed by atoms with Crippen LogP contribution in [0.3, 0.4) is 0 Å². The summed E-state index contributed by atoms with van der Waals surface area (Å²) in [6, 6.07) is 7.54. The Kier molecular flexibility index (Phi) is 5.13. The van der Waals surface area contributed by atoms with Gasteiger partial charge in [-0.3, -0.25) is 0 Å². The molecule has 1 heterocycles. The van der Waals surface area contributed by atoms with E-state index in [1.165, 1.54) is 16.5 Å². The number of aryl methyl sites for hydroxylation is 1. The summed E-state index contributed by atoms with van der Waals surface area (Å²) in [7, 11) is 0. The van der Waals surface area contributed by atoms with E-state index < -0.39 is 0 Å². The fourth-order valence-electron chi connectivity index (χ4n) is 1.98. The third kappa shape index (κ3) is 3.65. The summed E-state index contributed by atoms with van der Waals surface area (Å²) in [5.74, 6) is -0.220. The molecule has 1 N–H and O–H groups in total. The highest BCUT2D eigenvalue weighted by atomic mass is 79.9. The minimum absolute atomic E-state index is 0.198. The quantitative estimate of drug-likeness (QED) is 0.801. The summed E-state index contributed by atoms with van der Waals surface area (Å²) in [5, 5.41) is 5.62. The van der Waals surface area contributed by atoms with Gasteiger partial charge in [0, 0.05) is 17.5 Å². The van der Waals surface area contributed by atoms with E-state index in [0.29, 0.717) is 4.47 Å². The standard InChI is InChI=1S/C15H17BrFNS/c1-3-11-6-7-19-15(11)9-18-10(2)12-4-5-14(17)13(16)8-12/h4-8,10,18H,3,9H2,1-2H3. The maximum Gasteiger partial charge on any atom is 0.137 e. The number of thiophene rings is 1. The van der Waals surface area contributed by atoms with E-state index in [4.69, 9.17) is 0 Å². The molecule has 0 aliphatic carbocycles. The number of hydrogen-bond donors (Lipinski definition) is 1. The van der Waals surface area contributed by atoms with Gasteiger partial charge in [0.15, 0.2) is 0 Å². The molecule has 2 aromatic rings. The molecule has 19 heavy (non-hydrogen) atoms. The zero-order valence-electron chi connectivity index (χ0n) is 11.0. The molecule has 102 valence electrons. The van der Waals surface area contributed by atoms with Crippen molar-refractivity contribution in [1.29, 1.82) is 0 Å². The first-order valence-corrected chi connectivity index (χ1v) is 8.02. The fourth-order valence-corrected chi connectivity index (χ4v) is 3.31. The smallest absolute Gasteiger partial charge is 0.137 e. The van der Waals surface area contributed by atoms with Crippen molar-refractivity contribution in [3.63, 3.8) is 0 Å².